The highest BCUT2D eigenvalue weighted by atomic mass is 32.2. The summed E-state index contributed by atoms with van der Waals surface area (Å²) in [7, 11) is 0. The molecule has 1 aromatic carbocycles. The van der Waals surface area contributed by atoms with E-state index in [9.17, 15) is 0 Å². The van der Waals surface area contributed by atoms with Crippen LogP contribution in [0.3, 0.4) is 0 Å². The Morgan fingerprint density at radius 1 is 1.17 bits per heavy atom. The van der Waals surface area contributed by atoms with E-state index in [1.165, 1.54) is 16.9 Å². The molecule has 0 saturated carbocycles. The van der Waals surface area contributed by atoms with E-state index >= 15 is 0 Å². The lowest BCUT2D eigenvalue weighted by Crippen LogP contribution is -2.17. The summed E-state index contributed by atoms with van der Waals surface area (Å²) in [6, 6.07) is 9.38. The molecule has 0 aliphatic rings. The van der Waals surface area contributed by atoms with Gasteiger partial charge in [-0.15, -0.1) is 11.8 Å². The van der Waals surface area contributed by atoms with Crippen LogP contribution < -0.4 is 5.32 Å². The molecule has 0 amide bonds. The minimum Gasteiger partial charge on any atom is -0.310 e. The Balaban J connectivity index is 2.64. The van der Waals surface area contributed by atoms with Gasteiger partial charge in [0, 0.05) is 16.2 Å². The van der Waals surface area contributed by atoms with E-state index in [1.807, 2.05) is 11.8 Å². The normalized spacial score (nSPS) is 14.8. The second-order valence-corrected chi connectivity index (χ2v) is 6.92. The van der Waals surface area contributed by atoms with Crippen LogP contribution in [0.4, 0.5) is 0 Å². The lowest BCUT2D eigenvalue weighted by molar-refractivity contribution is 0.584. The molecule has 0 fully saturated rings. The van der Waals surface area contributed by atoms with Gasteiger partial charge in [-0.1, -0.05) is 39.8 Å². The second kappa shape index (κ2) is 7.85. The standard InChI is InChI=1S/C16H27NS/c1-6-17-14(5)15-8-7-9-16(11-15)18-13(4)10-12(2)3/h7-9,11-14,17H,6,10H2,1-5H3. The zero-order chi connectivity index (χ0) is 13.5. The average Bonchev–Trinajstić information content (AvgIpc) is 2.28. The van der Waals surface area contributed by atoms with Crippen molar-refractivity contribution < 1.29 is 0 Å². The van der Waals surface area contributed by atoms with Crippen LogP contribution >= 0.6 is 11.8 Å². The van der Waals surface area contributed by atoms with Crippen molar-refractivity contribution in [1.82, 2.24) is 5.32 Å². The minimum atomic E-state index is 0.441. The van der Waals surface area contributed by atoms with E-state index in [4.69, 9.17) is 0 Å². The van der Waals surface area contributed by atoms with Crippen LogP contribution in [0.25, 0.3) is 0 Å². The number of rotatable bonds is 7. The van der Waals surface area contributed by atoms with Crippen molar-refractivity contribution in [1.29, 1.82) is 0 Å². The minimum absolute atomic E-state index is 0.441. The number of nitrogens with one attached hydrogen (secondary N) is 1. The smallest absolute Gasteiger partial charge is 0.0292 e. The van der Waals surface area contributed by atoms with Crippen molar-refractivity contribution in [2.45, 2.75) is 57.2 Å². The van der Waals surface area contributed by atoms with Crippen molar-refractivity contribution in [3.8, 4) is 0 Å². The van der Waals surface area contributed by atoms with Crippen LogP contribution in [0.1, 0.15) is 52.6 Å². The third-order valence-corrected chi connectivity index (χ3v) is 4.13. The average molecular weight is 265 g/mol. The predicted octanol–water partition coefficient (Wildman–Crippen LogP) is 4.88. The van der Waals surface area contributed by atoms with Crippen molar-refractivity contribution >= 4 is 11.8 Å². The molecule has 1 N–H and O–H groups in total. The summed E-state index contributed by atoms with van der Waals surface area (Å²) in [5.74, 6) is 0.774. The molecule has 0 spiro atoms. The number of hydrogen-bond donors (Lipinski definition) is 1. The van der Waals surface area contributed by atoms with Gasteiger partial charge in [-0.05, 0) is 43.5 Å². The number of thioether (sulfide) groups is 1. The van der Waals surface area contributed by atoms with E-state index in [0.717, 1.165) is 12.5 Å². The lowest BCUT2D eigenvalue weighted by Gasteiger charge is -2.16. The Morgan fingerprint density at radius 2 is 1.89 bits per heavy atom. The molecule has 102 valence electrons. The fourth-order valence-corrected chi connectivity index (χ4v) is 3.53. The van der Waals surface area contributed by atoms with Crippen molar-refractivity contribution in [3.05, 3.63) is 29.8 Å². The highest BCUT2D eigenvalue weighted by Gasteiger charge is 2.09. The van der Waals surface area contributed by atoms with Crippen LogP contribution in [0.5, 0.6) is 0 Å². The Hall–Kier alpha value is -0.470. The summed E-state index contributed by atoms with van der Waals surface area (Å²) in [6.45, 7) is 12.3. The van der Waals surface area contributed by atoms with Crippen LogP contribution in [0.2, 0.25) is 0 Å². The van der Waals surface area contributed by atoms with Crippen molar-refractivity contribution in [2.24, 2.45) is 5.92 Å². The molecule has 1 rings (SSSR count). The van der Waals surface area contributed by atoms with Crippen LogP contribution in [0.15, 0.2) is 29.2 Å². The molecule has 0 heterocycles. The molecule has 0 aliphatic heterocycles. The van der Waals surface area contributed by atoms with Crippen LogP contribution in [-0.4, -0.2) is 11.8 Å². The van der Waals surface area contributed by atoms with E-state index in [1.54, 1.807) is 0 Å². The summed E-state index contributed by atoms with van der Waals surface area (Å²) >= 11 is 1.99. The molecule has 0 saturated heterocycles. The van der Waals surface area contributed by atoms with Crippen LogP contribution in [0, 0.1) is 5.92 Å². The number of hydrogen-bond acceptors (Lipinski definition) is 2. The van der Waals surface area contributed by atoms with Gasteiger partial charge in [0.25, 0.3) is 0 Å². The Morgan fingerprint density at radius 3 is 2.50 bits per heavy atom. The topological polar surface area (TPSA) is 12.0 Å². The van der Waals surface area contributed by atoms with Gasteiger partial charge in [-0.2, -0.15) is 0 Å². The summed E-state index contributed by atoms with van der Waals surface area (Å²) in [4.78, 5) is 1.39. The van der Waals surface area contributed by atoms with Crippen molar-refractivity contribution in [2.75, 3.05) is 6.54 Å². The predicted molar refractivity (Wildman–Crippen MR) is 83.3 cm³/mol. The third kappa shape index (κ3) is 5.45. The first-order chi connectivity index (χ1) is 8.52. The van der Waals surface area contributed by atoms with E-state index in [-0.39, 0.29) is 0 Å². The van der Waals surface area contributed by atoms with Gasteiger partial charge in [-0.25, -0.2) is 0 Å². The van der Waals surface area contributed by atoms with Gasteiger partial charge >= 0.3 is 0 Å². The Labute approximate surface area is 117 Å². The first-order valence-corrected chi connectivity index (χ1v) is 7.90. The molecule has 2 unspecified atom stereocenters. The fourth-order valence-electron chi connectivity index (χ4n) is 2.23. The molecule has 2 atom stereocenters. The Bertz CT molecular complexity index is 349. The molecule has 0 bridgehead atoms. The molecule has 1 aromatic rings. The summed E-state index contributed by atoms with van der Waals surface area (Å²) in [5, 5.41) is 4.15. The maximum absolute atomic E-state index is 3.47. The molecule has 2 heteroatoms. The van der Waals surface area contributed by atoms with Gasteiger partial charge in [0.1, 0.15) is 0 Å². The van der Waals surface area contributed by atoms with E-state index in [2.05, 4.69) is 64.2 Å². The van der Waals surface area contributed by atoms with Gasteiger partial charge in [0.2, 0.25) is 0 Å². The molecule has 0 aliphatic carbocycles. The summed E-state index contributed by atoms with van der Waals surface area (Å²) < 4.78 is 0. The first kappa shape index (κ1) is 15.6. The molecule has 1 nitrogen and oxygen atoms in total. The highest BCUT2D eigenvalue weighted by molar-refractivity contribution is 7.99. The van der Waals surface area contributed by atoms with E-state index in [0.29, 0.717) is 11.3 Å². The third-order valence-electron chi connectivity index (χ3n) is 3.01. The zero-order valence-corrected chi connectivity index (χ0v) is 13.2. The van der Waals surface area contributed by atoms with E-state index < -0.39 is 0 Å². The lowest BCUT2D eigenvalue weighted by atomic mass is 10.1. The summed E-state index contributed by atoms with van der Waals surface area (Å²) in [5.41, 5.74) is 1.39. The summed E-state index contributed by atoms with van der Waals surface area (Å²) in [6.07, 6.45) is 1.28. The zero-order valence-electron chi connectivity index (χ0n) is 12.4. The molecular formula is C16H27NS. The molecular weight excluding hydrogens is 238 g/mol. The largest absolute Gasteiger partial charge is 0.310 e. The fraction of sp³-hybridized carbons (Fsp3) is 0.625. The Kier molecular flexibility index (Phi) is 6.80. The first-order valence-electron chi connectivity index (χ1n) is 7.03. The van der Waals surface area contributed by atoms with Gasteiger partial charge < -0.3 is 5.32 Å². The quantitative estimate of drug-likeness (QED) is 0.705. The second-order valence-electron chi connectivity index (χ2n) is 5.41. The molecule has 0 radical (unpaired) electrons. The molecule has 0 aromatic heterocycles. The molecule has 18 heavy (non-hydrogen) atoms. The van der Waals surface area contributed by atoms with Gasteiger partial charge in [0.05, 0.1) is 0 Å². The maximum Gasteiger partial charge on any atom is 0.0292 e. The van der Waals surface area contributed by atoms with Gasteiger partial charge in [-0.3, -0.25) is 0 Å². The van der Waals surface area contributed by atoms with Crippen molar-refractivity contribution in [3.63, 3.8) is 0 Å². The number of benzene rings is 1. The highest BCUT2D eigenvalue weighted by Crippen LogP contribution is 2.29. The SMILES string of the molecule is CCNC(C)c1cccc(SC(C)CC(C)C)c1. The van der Waals surface area contributed by atoms with Gasteiger partial charge in [0.15, 0.2) is 0 Å². The monoisotopic (exact) mass is 265 g/mol. The van der Waals surface area contributed by atoms with Crippen LogP contribution in [-0.2, 0) is 0 Å². The maximum atomic E-state index is 3.47.